The van der Waals surface area contributed by atoms with Crippen molar-refractivity contribution in [3.63, 3.8) is 0 Å². The summed E-state index contributed by atoms with van der Waals surface area (Å²) in [5, 5.41) is 11.1. The van der Waals surface area contributed by atoms with Gasteiger partial charge < -0.3 is 10.1 Å². The van der Waals surface area contributed by atoms with Gasteiger partial charge in [-0.15, -0.1) is 5.10 Å². The lowest BCUT2D eigenvalue weighted by Gasteiger charge is -2.07. The van der Waals surface area contributed by atoms with Crippen molar-refractivity contribution in [2.75, 3.05) is 5.75 Å². The fourth-order valence-electron chi connectivity index (χ4n) is 1.55. The Morgan fingerprint density at radius 3 is 3.05 bits per heavy atom. The molecule has 1 heterocycles. The van der Waals surface area contributed by atoms with Gasteiger partial charge in [0.1, 0.15) is 0 Å². The Labute approximate surface area is 122 Å². The van der Waals surface area contributed by atoms with E-state index in [9.17, 15) is 4.79 Å². The number of carbonyl (C=O) groups excluding carboxylic acids is 1. The van der Waals surface area contributed by atoms with E-state index in [4.69, 9.17) is 4.74 Å². The summed E-state index contributed by atoms with van der Waals surface area (Å²) in [7, 11) is 0. The molecule has 106 valence electrons. The van der Waals surface area contributed by atoms with Crippen LogP contribution in [0.5, 0.6) is 0 Å². The van der Waals surface area contributed by atoms with Gasteiger partial charge in [0.2, 0.25) is 5.91 Å². The smallest absolute Gasteiger partial charge is 0.236 e. The monoisotopic (exact) mass is 291 g/mol. The Morgan fingerprint density at radius 2 is 2.35 bits per heavy atom. The van der Waals surface area contributed by atoms with E-state index in [0.717, 1.165) is 11.1 Å². The Kier molecular flexibility index (Phi) is 5.31. The number of carbonyl (C=O) groups is 1. The van der Waals surface area contributed by atoms with Crippen molar-refractivity contribution in [2.24, 2.45) is 10.2 Å². The van der Waals surface area contributed by atoms with Gasteiger partial charge >= 0.3 is 0 Å². The zero-order valence-corrected chi connectivity index (χ0v) is 12.3. The van der Waals surface area contributed by atoms with Crippen LogP contribution in [-0.2, 0) is 16.1 Å². The average Bonchev–Trinajstić information content (AvgIpc) is 2.83. The molecule has 6 heteroatoms. The molecule has 0 unspecified atom stereocenters. The first-order chi connectivity index (χ1) is 9.63. The van der Waals surface area contributed by atoms with Crippen molar-refractivity contribution in [3.05, 3.63) is 35.4 Å². The number of nitrogens with zero attached hydrogens (tertiary/aromatic N) is 2. The molecule has 1 aliphatic rings. The SMILES string of the molecule is CC(C)OCc1cccc(C=NN=C2NC(=O)CS2)c1. The van der Waals surface area contributed by atoms with Gasteiger partial charge in [-0.3, -0.25) is 4.79 Å². The number of rotatable bonds is 5. The molecule has 1 amide bonds. The van der Waals surface area contributed by atoms with E-state index in [1.165, 1.54) is 11.8 Å². The highest BCUT2D eigenvalue weighted by Gasteiger charge is 2.15. The van der Waals surface area contributed by atoms with Gasteiger partial charge in [-0.1, -0.05) is 30.0 Å². The van der Waals surface area contributed by atoms with E-state index in [0.29, 0.717) is 17.5 Å². The topological polar surface area (TPSA) is 63.1 Å². The van der Waals surface area contributed by atoms with Crippen molar-refractivity contribution in [2.45, 2.75) is 26.6 Å². The predicted molar refractivity (Wildman–Crippen MR) is 82.0 cm³/mol. The van der Waals surface area contributed by atoms with E-state index in [1.54, 1.807) is 6.21 Å². The number of nitrogens with one attached hydrogen (secondary N) is 1. The van der Waals surface area contributed by atoms with Crippen molar-refractivity contribution in [3.8, 4) is 0 Å². The van der Waals surface area contributed by atoms with Crippen LogP contribution in [0.4, 0.5) is 0 Å². The van der Waals surface area contributed by atoms with Crippen LogP contribution in [0, 0.1) is 0 Å². The average molecular weight is 291 g/mol. The summed E-state index contributed by atoms with van der Waals surface area (Å²) in [6.07, 6.45) is 1.87. The molecule has 0 atom stereocenters. The fraction of sp³-hybridized carbons (Fsp3) is 0.357. The summed E-state index contributed by atoms with van der Waals surface area (Å²) in [4.78, 5) is 11.0. The van der Waals surface area contributed by atoms with E-state index in [1.807, 2.05) is 38.1 Å². The van der Waals surface area contributed by atoms with Crippen LogP contribution in [-0.4, -0.2) is 29.1 Å². The number of amides is 1. The molecule has 0 aromatic heterocycles. The first-order valence-electron chi connectivity index (χ1n) is 6.37. The lowest BCUT2D eigenvalue weighted by Crippen LogP contribution is -2.19. The summed E-state index contributed by atoms with van der Waals surface area (Å²) in [5.41, 5.74) is 2.05. The highest BCUT2D eigenvalue weighted by Crippen LogP contribution is 2.09. The van der Waals surface area contributed by atoms with Crippen molar-refractivity contribution >= 4 is 29.1 Å². The minimum absolute atomic E-state index is 0.0308. The second-order valence-electron chi connectivity index (χ2n) is 4.59. The predicted octanol–water partition coefficient (Wildman–Crippen LogP) is 2.16. The normalized spacial score (nSPS) is 17.4. The highest BCUT2D eigenvalue weighted by molar-refractivity contribution is 8.15. The molecule has 0 saturated carbocycles. The maximum absolute atomic E-state index is 11.0. The van der Waals surface area contributed by atoms with Crippen LogP contribution in [0.25, 0.3) is 0 Å². The Morgan fingerprint density at radius 1 is 1.50 bits per heavy atom. The number of hydrogen-bond acceptors (Lipinski definition) is 5. The van der Waals surface area contributed by atoms with Crippen LogP contribution in [0.15, 0.2) is 34.5 Å². The number of amidine groups is 1. The molecule has 0 spiro atoms. The van der Waals surface area contributed by atoms with Crippen LogP contribution in [0.1, 0.15) is 25.0 Å². The minimum atomic E-state index is -0.0308. The molecule has 1 N–H and O–H groups in total. The Balaban J connectivity index is 1.95. The molecular formula is C14H17N3O2S. The first-order valence-corrected chi connectivity index (χ1v) is 7.36. The highest BCUT2D eigenvalue weighted by atomic mass is 32.2. The van der Waals surface area contributed by atoms with E-state index in [2.05, 4.69) is 15.5 Å². The van der Waals surface area contributed by atoms with Crippen molar-refractivity contribution in [1.82, 2.24) is 5.32 Å². The third-order valence-corrected chi connectivity index (χ3v) is 3.34. The molecule has 5 nitrogen and oxygen atoms in total. The zero-order valence-electron chi connectivity index (χ0n) is 11.5. The number of thioether (sulfide) groups is 1. The summed E-state index contributed by atoms with van der Waals surface area (Å²) in [6.45, 7) is 4.60. The first kappa shape index (κ1) is 14.7. The largest absolute Gasteiger partial charge is 0.374 e. The van der Waals surface area contributed by atoms with E-state index < -0.39 is 0 Å². The molecule has 1 fully saturated rings. The molecular weight excluding hydrogens is 274 g/mol. The molecule has 1 aromatic rings. The van der Waals surface area contributed by atoms with Gasteiger partial charge in [-0.05, 0) is 31.0 Å². The van der Waals surface area contributed by atoms with Gasteiger partial charge in [0.25, 0.3) is 0 Å². The summed E-state index contributed by atoms with van der Waals surface area (Å²) in [6, 6.07) is 7.92. The molecule has 0 aliphatic carbocycles. The lowest BCUT2D eigenvalue weighted by molar-refractivity contribution is -0.116. The van der Waals surface area contributed by atoms with Gasteiger partial charge in [-0.25, -0.2) is 0 Å². The lowest BCUT2D eigenvalue weighted by atomic mass is 10.1. The van der Waals surface area contributed by atoms with Gasteiger partial charge in [0.15, 0.2) is 5.17 Å². The molecule has 20 heavy (non-hydrogen) atoms. The second-order valence-corrected chi connectivity index (χ2v) is 5.56. The third kappa shape index (κ3) is 4.79. The van der Waals surface area contributed by atoms with Crippen molar-refractivity contribution in [1.29, 1.82) is 0 Å². The quantitative estimate of drug-likeness (QED) is 0.668. The molecule has 2 rings (SSSR count). The maximum Gasteiger partial charge on any atom is 0.236 e. The molecule has 1 aliphatic heterocycles. The number of ether oxygens (including phenoxy) is 1. The summed E-state index contributed by atoms with van der Waals surface area (Å²) in [5.74, 6) is 0.382. The Bertz CT molecular complexity index is 541. The Hall–Kier alpha value is -1.66. The van der Waals surface area contributed by atoms with Gasteiger partial charge in [0.05, 0.1) is 24.7 Å². The van der Waals surface area contributed by atoms with E-state index in [-0.39, 0.29) is 12.0 Å². The molecule has 0 bridgehead atoms. The molecule has 1 saturated heterocycles. The van der Waals surface area contributed by atoms with Crippen LogP contribution in [0.3, 0.4) is 0 Å². The second kappa shape index (κ2) is 7.21. The molecule has 0 radical (unpaired) electrons. The van der Waals surface area contributed by atoms with Crippen molar-refractivity contribution < 1.29 is 9.53 Å². The summed E-state index contributed by atoms with van der Waals surface area (Å²) < 4.78 is 5.56. The fourth-order valence-corrected chi connectivity index (χ4v) is 2.18. The standard InChI is InChI=1S/C14H17N3O2S/c1-10(2)19-8-12-5-3-4-11(6-12)7-15-17-14-16-13(18)9-20-14/h3-7,10H,8-9H2,1-2H3,(H,16,17,18). The van der Waals surface area contributed by atoms with Crippen LogP contribution < -0.4 is 5.32 Å². The summed E-state index contributed by atoms with van der Waals surface area (Å²) >= 11 is 1.36. The van der Waals surface area contributed by atoms with Crippen LogP contribution >= 0.6 is 11.8 Å². The molecule has 1 aromatic carbocycles. The number of benzene rings is 1. The maximum atomic E-state index is 11.0. The van der Waals surface area contributed by atoms with Gasteiger partial charge in [-0.2, -0.15) is 5.10 Å². The van der Waals surface area contributed by atoms with E-state index >= 15 is 0 Å². The van der Waals surface area contributed by atoms with Crippen LogP contribution in [0.2, 0.25) is 0 Å². The zero-order chi connectivity index (χ0) is 14.4. The minimum Gasteiger partial charge on any atom is -0.374 e. The van der Waals surface area contributed by atoms with Gasteiger partial charge in [0, 0.05) is 0 Å². The third-order valence-electron chi connectivity index (χ3n) is 2.48. The number of hydrogen-bond donors (Lipinski definition) is 1.